The third kappa shape index (κ3) is 4.93. The third-order valence-corrected chi connectivity index (χ3v) is 7.40. The molecule has 0 radical (unpaired) electrons. The van der Waals surface area contributed by atoms with Gasteiger partial charge in [0, 0.05) is 30.8 Å². The van der Waals surface area contributed by atoms with Crippen molar-refractivity contribution in [3.05, 3.63) is 51.6 Å². The van der Waals surface area contributed by atoms with Crippen molar-refractivity contribution in [1.82, 2.24) is 30.1 Å². The maximum atomic E-state index is 13.1. The van der Waals surface area contributed by atoms with E-state index in [1.807, 2.05) is 18.2 Å². The van der Waals surface area contributed by atoms with Crippen LogP contribution in [0.5, 0.6) is 0 Å². The van der Waals surface area contributed by atoms with E-state index < -0.39 is 0 Å². The van der Waals surface area contributed by atoms with E-state index in [-0.39, 0.29) is 17.7 Å². The number of aromatic nitrogens is 5. The summed E-state index contributed by atoms with van der Waals surface area (Å²) in [5, 5.41) is 14.1. The highest BCUT2D eigenvalue weighted by atomic mass is 16.5. The Labute approximate surface area is 200 Å². The zero-order valence-corrected chi connectivity index (χ0v) is 20.4. The highest BCUT2D eigenvalue weighted by Gasteiger charge is 2.32. The summed E-state index contributed by atoms with van der Waals surface area (Å²) in [4.78, 5) is 18.6. The average molecular weight is 465 g/mol. The fourth-order valence-electron chi connectivity index (χ4n) is 5.64. The highest BCUT2D eigenvalue weighted by Crippen LogP contribution is 2.34. The Kier molecular flexibility index (Phi) is 7.06. The summed E-state index contributed by atoms with van der Waals surface area (Å²) in [5.41, 5.74) is 2.80. The first-order chi connectivity index (χ1) is 16.6. The summed E-state index contributed by atoms with van der Waals surface area (Å²) in [6.45, 7) is 6.40. The minimum absolute atomic E-state index is 0.0284. The SMILES string of the molecule is CCC[C@H](c1nnnn1C1CCCC1)N(Cc1cc2cc(C)ccc2[nH]c1=O)C[C@@H]1CCCO1. The zero-order chi connectivity index (χ0) is 23.5. The number of aryl methyl sites for hydroxylation is 1. The van der Waals surface area contributed by atoms with Gasteiger partial charge in [0.05, 0.1) is 18.2 Å². The van der Waals surface area contributed by atoms with Crippen molar-refractivity contribution in [2.75, 3.05) is 13.2 Å². The minimum atomic E-state index is -0.0284. The Morgan fingerprint density at radius 1 is 1.21 bits per heavy atom. The molecule has 3 heterocycles. The van der Waals surface area contributed by atoms with Gasteiger partial charge in [-0.2, -0.15) is 0 Å². The quantitative estimate of drug-likeness (QED) is 0.503. The number of rotatable bonds is 9. The molecule has 1 saturated carbocycles. The first-order valence-corrected chi connectivity index (χ1v) is 12.9. The molecule has 0 unspecified atom stereocenters. The number of pyridine rings is 1. The molecule has 2 fully saturated rings. The lowest BCUT2D eigenvalue weighted by molar-refractivity contribution is 0.0471. The molecule has 1 saturated heterocycles. The van der Waals surface area contributed by atoms with E-state index in [0.717, 1.165) is 74.0 Å². The van der Waals surface area contributed by atoms with E-state index >= 15 is 0 Å². The molecule has 2 aromatic heterocycles. The van der Waals surface area contributed by atoms with E-state index in [4.69, 9.17) is 4.74 Å². The number of fused-ring (bicyclic) bond motifs is 1. The van der Waals surface area contributed by atoms with E-state index in [9.17, 15) is 4.79 Å². The Morgan fingerprint density at radius 3 is 2.82 bits per heavy atom. The van der Waals surface area contributed by atoms with Crippen LogP contribution in [0.4, 0.5) is 0 Å². The van der Waals surface area contributed by atoms with Gasteiger partial charge < -0.3 is 9.72 Å². The summed E-state index contributed by atoms with van der Waals surface area (Å²) in [7, 11) is 0. The van der Waals surface area contributed by atoms with Gasteiger partial charge in [-0.25, -0.2) is 4.68 Å². The van der Waals surface area contributed by atoms with Gasteiger partial charge in [-0.15, -0.1) is 5.10 Å². The maximum Gasteiger partial charge on any atom is 0.252 e. The molecule has 2 aliphatic rings. The van der Waals surface area contributed by atoms with Crippen LogP contribution in [0, 0.1) is 6.92 Å². The molecule has 1 aliphatic heterocycles. The molecular weight excluding hydrogens is 428 g/mol. The summed E-state index contributed by atoms with van der Waals surface area (Å²) < 4.78 is 8.10. The maximum absolute atomic E-state index is 13.1. The van der Waals surface area contributed by atoms with Gasteiger partial charge >= 0.3 is 0 Å². The molecule has 8 nitrogen and oxygen atoms in total. The van der Waals surface area contributed by atoms with Crippen LogP contribution in [0.2, 0.25) is 0 Å². The van der Waals surface area contributed by atoms with Crippen molar-refractivity contribution < 1.29 is 4.74 Å². The van der Waals surface area contributed by atoms with Crippen LogP contribution in [0.25, 0.3) is 10.9 Å². The topological polar surface area (TPSA) is 88.9 Å². The molecule has 8 heteroatoms. The van der Waals surface area contributed by atoms with E-state index in [0.29, 0.717) is 12.6 Å². The Balaban J connectivity index is 1.51. The molecule has 5 rings (SSSR count). The standard InChI is InChI=1S/C26H36N6O2/c1-3-7-24(25-28-29-30-32(25)21-8-4-5-9-21)31(17-22-10-6-13-34-22)16-20-15-19-14-18(2)11-12-23(19)27-26(20)33/h11-12,14-15,21-22,24H,3-10,13,16-17H2,1-2H3,(H,27,33)/t22-,24+/m0/s1. The molecule has 0 bridgehead atoms. The van der Waals surface area contributed by atoms with E-state index in [1.165, 1.54) is 18.4 Å². The fourth-order valence-corrected chi connectivity index (χ4v) is 5.64. The normalized spacial score (nSPS) is 20.0. The predicted molar refractivity (Wildman–Crippen MR) is 132 cm³/mol. The van der Waals surface area contributed by atoms with Crippen LogP contribution in [0.3, 0.4) is 0 Å². The van der Waals surface area contributed by atoms with E-state index in [2.05, 4.69) is 50.0 Å². The number of tetrazole rings is 1. The molecule has 34 heavy (non-hydrogen) atoms. The molecule has 3 aromatic rings. The van der Waals surface area contributed by atoms with E-state index in [1.54, 1.807) is 0 Å². The van der Waals surface area contributed by atoms with Crippen molar-refractivity contribution in [3.63, 3.8) is 0 Å². The average Bonchev–Trinajstić information content (AvgIpc) is 3.60. The second-order valence-electron chi connectivity index (χ2n) is 10.0. The smallest absolute Gasteiger partial charge is 0.252 e. The zero-order valence-electron chi connectivity index (χ0n) is 20.4. The lowest BCUT2D eigenvalue weighted by atomic mass is 10.0. The Bertz CT molecular complexity index is 1160. The van der Waals surface area contributed by atoms with Gasteiger partial charge in [-0.3, -0.25) is 9.69 Å². The van der Waals surface area contributed by atoms with Gasteiger partial charge in [-0.1, -0.05) is 37.8 Å². The Morgan fingerprint density at radius 2 is 2.06 bits per heavy atom. The third-order valence-electron chi connectivity index (χ3n) is 7.40. The first-order valence-electron chi connectivity index (χ1n) is 12.9. The van der Waals surface area contributed by atoms with Gasteiger partial charge in [0.1, 0.15) is 0 Å². The molecule has 1 aliphatic carbocycles. The summed E-state index contributed by atoms with van der Waals surface area (Å²) in [5.74, 6) is 0.930. The summed E-state index contributed by atoms with van der Waals surface area (Å²) >= 11 is 0. The van der Waals surface area contributed by atoms with Crippen molar-refractivity contribution in [2.24, 2.45) is 0 Å². The number of ether oxygens (including phenoxy) is 1. The lowest BCUT2D eigenvalue weighted by Gasteiger charge is -2.33. The minimum Gasteiger partial charge on any atom is -0.377 e. The van der Waals surface area contributed by atoms with Crippen molar-refractivity contribution in [2.45, 2.75) is 89.9 Å². The molecule has 182 valence electrons. The molecule has 2 atom stereocenters. The predicted octanol–water partition coefficient (Wildman–Crippen LogP) is 4.46. The number of aromatic amines is 1. The van der Waals surface area contributed by atoms with Gasteiger partial charge in [0.15, 0.2) is 5.82 Å². The molecule has 0 amide bonds. The van der Waals surface area contributed by atoms with Crippen LogP contribution in [-0.4, -0.2) is 49.3 Å². The number of H-pyrrole nitrogens is 1. The van der Waals surface area contributed by atoms with Crippen LogP contribution < -0.4 is 5.56 Å². The van der Waals surface area contributed by atoms with Crippen molar-refractivity contribution in [3.8, 4) is 0 Å². The first kappa shape index (κ1) is 23.2. The number of benzene rings is 1. The van der Waals surface area contributed by atoms with Crippen LogP contribution in [0.15, 0.2) is 29.1 Å². The molecule has 1 N–H and O–H groups in total. The van der Waals surface area contributed by atoms with Gasteiger partial charge in [-0.05, 0) is 73.0 Å². The molecule has 1 aromatic carbocycles. The second-order valence-corrected chi connectivity index (χ2v) is 10.0. The largest absolute Gasteiger partial charge is 0.377 e. The Hall–Kier alpha value is -2.58. The summed E-state index contributed by atoms with van der Waals surface area (Å²) in [6, 6.07) is 8.60. The molecular formula is C26H36N6O2. The van der Waals surface area contributed by atoms with Crippen LogP contribution in [0.1, 0.15) is 87.3 Å². The highest BCUT2D eigenvalue weighted by molar-refractivity contribution is 5.79. The lowest BCUT2D eigenvalue weighted by Crippen LogP contribution is -2.38. The monoisotopic (exact) mass is 464 g/mol. The van der Waals surface area contributed by atoms with Gasteiger partial charge in [0.2, 0.25) is 0 Å². The molecule has 0 spiro atoms. The number of hydrogen-bond acceptors (Lipinski definition) is 6. The summed E-state index contributed by atoms with van der Waals surface area (Å²) in [6.07, 6.45) is 8.99. The number of nitrogens with one attached hydrogen (secondary N) is 1. The van der Waals surface area contributed by atoms with Gasteiger partial charge in [0.25, 0.3) is 5.56 Å². The van der Waals surface area contributed by atoms with Crippen molar-refractivity contribution in [1.29, 1.82) is 0 Å². The second kappa shape index (κ2) is 10.4. The van der Waals surface area contributed by atoms with Crippen LogP contribution >= 0.6 is 0 Å². The fraction of sp³-hybridized carbons (Fsp3) is 0.615. The number of hydrogen-bond donors (Lipinski definition) is 1. The van der Waals surface area contributed by atoms with Crippen LogP contribution in [-0.2, 0) is 11.3 Å². The van der Waals surface area contributed by atoms with Crippen molar-refractivity contribution >= 4 is 10.9 Å². The number of nitrogens with zero attached hydrogens (tertiary/aromatic N) is 5.